The number of fused-ring (bicyclic) bond motifs is 1. The Morgan fingerprint density at radius 1 is 1.42 bits per heavy atom. The summed E-state index contributed by atoms with van der Waals surface area (Å²) in [5, 5.41) is 9.05. The van der Waals surface area contributed by atoms with E-state index in [1.807, 2.05) is 0 Å². The lowest BCUT2D eigenvalue weighted by molar-refractivity contribution is 0.0691. The molecule has 19 heavy (non-hydrogen) atoms. The van der Waals surface area contributed by atoms with Gasteiger partial charge in [-0.15, -0.1) is 11.3 Å². The first-order chi connectivity index (χ1) is 9.15. The maximum Gasteiger partial charge on any atom is 0.352 e. The lowest BCUT2D eigenvalue weighted by Gasteiger charge is -2.26. The second kappa shape index (κ2) is 4.98. The summed E-state index contributed by atoms with van der Waals surface area (Å²) in [5.74, 6) is -0.884. The van der Waals surface area contributed by atoms with Crippen molar-refractivity contribution >= 4 is 27.5 Å². The van der Waals surface area contributed by atoms with E-state index < -0.39 is 5.97 Å². The molecule has 4 nitrogen and oxygen atoms in total. The normalized spacial score (nSPS) is 17.1. The lowest BCUT2D eigenvalue weighted by atomic mass is 10.1. The average molecular weight is 278 g/mol. The van der Waals surface area contributed by atoms with Gasteiger partial charge in [-0.2, -0.15) is 0 Å². The number of carboxylic acid groups (broad SMARTS) is 1. The number of aromatic carboxylic acids is 1. The van der Waals surface area contributed by atoms with Gasteiger partial charge in [-0.25, -0.2) is 4.79 Å². The molecule has 2 N–H and O–H groups in total. The first-order valence-electron chi connectivity index (χ1n) is 6.72. The molecule has 1 aliphatic heterocycles. The number of rotatable bonds is 3. The molecule has 3 heterocycles. The second-order valence-electron chi connectivity index (χ2n) is 5.20. The highest BCUT2D eigenvalue weighted by Gasteiger charge is 2.18. The maximum atomic E-state index is 11.0. The Hall–Kier alpha value is -1.33. The number of carbonyl (C=O) groups is 1. The van der Waals surface area contributed by atoms with E-state index in [9.17, 15) is 4.79 Å². The molecule has 2 aromatic rings. The van der Waals surface area contributed by atoms with Crippen LogP contribution in [0.3, 0.4) is 0 Å². The van der Waals surface area contributed by atoms with Crippen LogP contribution in [0.5, 0.6) is 0 Å². The zero-order valence-corrected chi connectivity index (χ0v) is 11.8. The Bertz CT molecular complexity index is 608. The topological polar surface area (TPSA) is 56.3 Å². The summed E-state index contributed by atoms with van der Waals surface area (Å²) < 4.78 is 1.06. The van der Waals surface area contributed by atoms with E-state index in [0.29, 0.717) is 5.69 Å². The number of aromatic amines is 1. The van der Waals surface area contributed by atoms with Crippen LogP contribution in [0.15, 0.2) is 6.07 Å². The van der Waals surface area contributed by atoms with Gasteiger partial charge in [-0.3, -0.25) is 4.90 Å². The molecule has 0 saturated carbocycles. The van der Waals surface area contributed by atoms with Gasteiger partial charge in [-0.05, 0) is 38.9 Å². The minimum absolute atomic E-state index is 0.293. The Balaban J connectivity index is 1.92. The van der Waals surface area contributed by atoms with Crippen LogP contribution in [0.2, 0.25) is 0 Å². The molecular weight excluding hydrogens is 260 g/mol. The van der Waals surface area contributed by atoms with Gasteiger partial charge in [0.2, 0.25) is 0 Å². The summed E-state index contributed by atoms with van der Waals surface area (Å²) in [6.07, 6.45) is 3.88. The van der Waals surface area contributed by atoms with Crippen LogP contribution in [-0.4, -0.2) is 34.0 Å². The molecule has 0 atom stereocenters. The van der Waals surface area contributed by atoms with Crippen LogP contribution in [0.25, 0.3) is 10.2 Å². The van der Waals surface area contributed by atoms with E-state index in [4.69, 9.17) is 5.11 Å². The smallest absolute Gasteiger partial charge is 0.352 e. The Morgan fingerprint density at radius 3 is 2.84 bits per heavy atom. The number of carboxylic acids is 1. The fraction of sp³-hybridized carbons (Fsp3) is 0.500. The van der Waals surface area contributed by atoms with Crippen LogP contribution < -0.4 is 0 Å². The first-order valence-corrected chi connectivity index (χ1v) is 7.53. The van der Waals surface area contributed by atoms with Gasteiger partial charge in [0.15, 0.2) is 0 Å². The van der Waals surface area contributed by atoms with E-state index in [1.54, 1.807) is 17.4 Å². The zero-order valence-electron chi connectivity index (χ0n) is 11.0. The van der Waals surface area contributed by atoms with Gasteiger partial charge in [0.25, 0.3) is 0 Å². The lowest BCUT2D eigenvalue weighted by Crippen LogP contribution is -2.29. The molecule has 102 valence electrons. The average Bonchev–Trinajstić information content (AvgIpc) is 2.91. The molecule has 5 heteroatoms. The van der Waals surface area contributed by atoms with Gasteiger partial charge in [0.05, 0.1) is 10.2 Å². The first kappa shape index (κ1) is 12.7. The summed E-state index contributed by atoms with van der Waals surface area (Å²) in [5.41, 5.74) is 2.58. The Morgan fingerprint density at radius 2 is 2.16 bits per heavy atom. The predicted octanol–water partition coefficient (Wildman–Crippen LogP) is 3.22. The van der Waals surface area contributed by atoms with E-state index in [2.05, 4.69) is 16.8 Å². The van der Waals surface area contributed by atoms with Crippen molar-refractivity contribution in [1.29, 1.82) is 0 Å². The van der Waals surface area contributed by atoms with Crippen molar-refractivity contribution in [2.75, 3.05) is 13.1 Å². The van der Waals surface area contributed by atoms with Crippen molar-refractivity contribution in [3.05, 3.63) is 22.2 Å². The van der Waals surface area contributed by atoms with E-state index in [0.717, 1.165) is 29.9 Å². The molecule has 0 unspecified atom stereocenters. The molecule has 0 amide bonds. The summed E-state index contributed by atoms with van der Waals surface area (Å²) >= 11 is 1.68. The molecule has 1 aliphatic rings. The molecule has 0 spiro atoms. The number of nitrogens with zero attached hydrogens (tertiary/aromatic N) is 1. The number of likely N-dealkylation sites (tertiary alicyclic amines) is 1. The third-order valence-electron chi connectivity index (χ3n) is 3.83. The number of hydrogen-bond acceptors (Lipinski definition) is 3. The molecule has 0 bridgehead atoms. The number of H-pyrrole nitrogens is 1. The number of piperidine rings is 1. The highest BCUT2D eigenvalue weighted by molar-refractivity contribution is 7.19. The minimum Gasteiger partial charge on any atom is -0.477 e. The van der Waals surface area contributed by atoms with Crippen LogP contribution in [-0.2, 0) is 6.54 Å². The fourth-order valence-corrected chi connectivity index (χ4v) is 3.86. The monoisotopic (exact) mass is 278 g/mol. The van der Waals surface area contributed by atoms with Gasteiger partial charge < -0.3 is 10.1 Å². The Kier molecular flexibility index (Phi) is 3.33. The van der Waals surface area contributed by atoms with E-state index in [1.165, 1.54) is 29.7 Å². The number of thiophene rings is 1. The molecule has 2 aromatic heterocycles. The zero-order chi connectivity index (χ0) is 13.4. The summed E-state index contributed by atoms with van der Waals surface area (Å²) in [6.45, 7) is 5.37. The van der Waals surface area contributed by atoms with Crippen molar-refractivity contribution in [2.24, 2.45) is 0 Å². The van der Waals surface area contributed by atoms with Gasteiger partial charge in [-0.1, -0.05) is 6.42 Å². The number of nitrogens with one attached hydrogen (secondary N) is 1. The molecule has 1 saturated heterocycles. The summed E-state index contributed by atoms with van der Waals surface area (Å²) in [4.78, 5) is 17.8. The van der Waals surface area contributed by atoms with Crippen molar-refractivity contribution in [1.82, 2.24) is 9.88 Å². The van der Waals surface area contributed by atoms with Crippen LogP contribution in [0.4, 0.5) is 0 Å². The number of aryl methyl sites for hydroxylation is 1. The van der Waals surface area contributed by atoms with Crippen LogP contribution >= 0.6 is 11.3 Å². The third kappa shape index (κ3) is 2.40. The molecule has 0 aliphatic carbocycles. The highest BCUT2D eigenvalue weighted by atomic mass is 32.1. The largest absolute Gasteiger partial charge is 0.477 e. The number of hydrogen-bond donors (Lipinski definition) is 2. The van der Waals surface area contributed by atoms with Gasteiger partial charge in [0, 0.05) is 17.0 Å². The SMILES string of the molecule is Cc1sc2cc(C(=O)O)[nH]c2c1CN1CCCCC1. The van der Waals surface area contributed by atoms with Gasteiger partial charge >= 0.3 is 5.97 Å². The molecule has 0 radical (unpaired) electrons. The fourth-order valence-electron chi connectivity index (χ4n) is 2.79. The maximum absolute atomic E-state index is 11.0. The van der Waals surface area contributed by atoms with Crippen LogP contribution in [0, 0.1) is 6.92 Å². The van der Waals surface area contributed by atoms with Crippen molar-refractivity contribution in [2.45, 2.75) is 32.7 Å². The van der Waals surface area contributed by atoms with Crippen LogP contribution in [0.1, 0.15) is 40.2 Å². The predicted molar refractivity (Wildman–Crippen MR) is 77.0 cm³/mol. The third-order valence-corrected chi connectivity index (χ3v) is 4.93. The number of aromatic nitrogens is 1. The van der Waals surface area contributed by atoms with Crippen molar-refractivity contribution in [3.63, 3.8) is 0 Å². The second-order valence-corrected chi connectivity index (χ2v) is 6.46. The quantitative estimate of drug-likeness (QED) is 0.906. The minimum atomic E-state index is -0.884. The molecule has 3 rings (SSSR count). The van der Waals surface area contributed by atoms with Crippen molar-refractivity contribution < 1.29 is 9.90 Å². The standard InChI is InChI=1S/C14H18N2O2S/c1-9-10(8-16-5-3-2-4-6-16)13-12(19-9)7-11(15-13)14(17)18/h7,15H,2-6,8H2,1H3,(H,17,18). The van der Waals surface area contributed by atoms with Crippen molar-refractivity contribution in [3.8, 4) is 0 Å². The van der Waals surface area contributed by atoms with E-state index >= 15 is 0 Å². The van der Waals surface area contributed by atoms with E-state index in [-0.39, 0.29) is 0 Å². The Labute approximate surface area is 116 Å². The highest BCUT2D eigenvalue weighted by Crippen LogP contribution is 2.32. The summed E-state index contributed by atoms with van der Waals surface area (Å²) in [7, 11) is 0. The molecule has 0 aromatic carbocycles. The summed E-state index contributed by atoms with van der Waals surface area (Å²) in [6, 6.07) is 1.75. The molecule has 1 fully saturated rings. The van der Waals surface area contributed by atoms with Gasteiger partial charge in [0.1, 0.15) is 5.69 Å². The molecular formula is C14H18N2O2S.